The average Bonchev–Trinajstić information content (AvgIpc) is 3.28. The fraction of sp³-hybridized carbons (Fsp3) is 0.357. The van der Waals surface area contributed by atoms with Crippen LogP contribution in [0.2, 0.25) is 0 Å². The molecular weight excluding hydrogens is 518 g/mol. The van der Waals surface area contributed by atoms with Gasteiger partial charge in [-0.15, -0.1) is 0 Å². The maximum absolute atomic E-state index is 14.9. The van der Waals surface area contributed by atoms with Crippen molar-refractivity contribution in [3.8, 4) is 22.6 Å². The van der Waals surface area contributed by atoms with Crippen LogP contribution in [0, 0.1) is 5.82 Å². The summed E-state index contributed by atoms with van der Waals surface area (Å²) in [7, 11) is 1.93. The molecule has 11 heteroatoms. The molecule has 0 saturated carbocycles. The number of H-pyrrole nitrogens is 1. The number of anilines is 1. The van der Waals surface area contributed by atoms with E-state index in [1.807, 2.05) is 7.05 Å². The lowest BCUT2D eigenvalue weighted by atomic mass is 10.0. The number of hydrogen-bond acceptors (Lipinski definition) is 5. The summed E-state index contributed by atoms with van der Waals surface area (Å²) < 4.78 is 66.6. The van der Waals surface area contributed by atoms with Gasteiger partial charge in [-0.3, -0.25) is 9.59 Å². The van der Waals surface area contributed by atoms with Gasteiger partial charge in [0, 0.05) is 35.6 Å². The van der Waals surface area contributed by atoms with Crippen LogP contribution in [0.25, 0.3) is 11.1 Å². The van der Waals surface area contributed by atoms with E-state index in [4.69, 9.17) is 9.47 Å². The highest BCUT2D eigenvalue weighted by Gasteiger charge is 2.32. The Morgan fingerprint density at radius 1 is 1.15 bits per heavy atom. The van der Waals surface area contributed by atoms with Crippen molar-refractivity contribution in [2.24, 2.45) is 0 Å². The van der Waals surface area contributed by atoms with E-state index < -0.39 is 29.9 Å². The molecule has 0 bridgehead atoms. The number of rotatable bonds is 9. The summed E-state index contributed by atoms with van der Waals surface area (Å²) in [6, 6.07) is 8.58. The molecule has 0 spiro atoms. The van der Waals surface area contributed by atoms with Crippen molar-refractivity contribution >= 4 is 11.6 Å². The highest BCUT2D eigenvalue weighted by molar-refractivity contribution is 5.92. The SMILES string of the molecule is CCOc1cc(=O)[nH]cc1-c1ccc(CC(=O)Nc2cc(OC[C@@H]3CCCN3C)cc(C(F)(F)F)c2)c(F)c1. The highest BCUT2D eigenvalue weighted by Crippen LogP contribution is 2.35. The first kappa shape index (κ1) is 28.2. The number of carbonyl (C=O) groups is 1. The van der Waals surface area contributed by atoms with Crippen molar-refractivity contribution in [3.63, 3.8) is 0 Å². The van der Waals surface area contributed by atoms with E-state index >= 15 is 0 Å². The van der Waals surface area contributed by atoms with Crippen LogP contribution in [0.4, 0.5) is 23.2 Å². The van der Waals surface area contributed by atoms with E-state index in [0.717, 1.165) is 31.5 Å². The molecule has 2 N–H and O–H groups in total. The Labute approximate surface area is 222 Å². The number of amides is 1. The highest BCUT2D eigenvalue weighted by atomic mass is 19.4. The largest absolute Gasteiger partial charge is 0.493 e. The third-order valence-electron chi connectivity index (χ3n) is 6.53. The number of carbonyl (C=O) groups excluding carboxylic acids is 1. The minimum atomic E-state index is -4.65. The number of nitrogens with zero attached hydrogens (tertiary/aromatic N) is 1. The van der Waals surface area contributed by atoms with E-state index in [0.29, 0.717) is 17.7 Å². The number of likely N-dealkylation sites (N-methyl/N-ethyl adjacent to an activating group) is 1. The molecule has 1 aliphatic heterocycles. The van der Waals surface area contributed by atoms with Crippen molar-refractivity contribution in [3.05, 3.63) is 76.0 Å². The minimum absolute atomic E-state index is 0.0121. The van der Waals surface area contributed by atoms with Crippen molar-refractivity contribution in [1.29, 1.82) is 0 Å². The number of likely N-dealkylation sites (tertiary alicyclic amines) is 1. The van der Waals surface area contributed by atoms with Gasteiger partial charge in [0.1, 0.15) is 23.9 Å². The summed E-state index contributed by atoms with van der Waals surface area (Å²) in [4.78, 5) is 28.9. The molecular formula is C28H29F4N3O4. The predicted octanol–water partition coefficient (Wildman–Crippen LogP) is 5.25. The second-order valence-electron chi connectivity index (χ2n) is 9.37. The Bertz CT molecular complexity index is 1390. The molecule has 1 atom stereocenters. The molecule has 0 aliphatic carbocycles. The van der Waals surface area contributed by atoms with Crippen LogP contribution in [0.3, 0.4) is 0 Å². The Hall–Kier alpha value is -3.86. The average molecular weight is 548 g/mol. The van der Waals surface area contributed by atoms with E-state index in [-0.39, 0.29) is 41.0 Å². The number of aromatic amines is 1. The van der Waals surface area contributed by atoms with Crippen LogP contribution in [0.1, 0.15) is 30.9 Å². The predicted molar refractivity (Wildman–Crippen MR) is 139 cm³/mol. The third-order valence-corrected chi connectivity index (χ3v) is 6.53. The Morgan fingerprint density at radius 3 is 2.62 bits per heavy atom. The molecule has 2 aromatic carbocycles. The lowest BCUT2D eigenvalue weighted by Crippen LogP contribution is -2.30. The smallest absolute Gasteiger partial charge is 0.416 e. The van der Waals surface area contributed by atoms with Gasteiger partial charge in [0.25, 0.3) is 5.56 Å². The number of alkyl halides is 3. The van der Waals surface area contributed by atoms with Gasteiger partial charge < -0.3 is 24.7 Å². The lowest BCUT2D eigenvalue weighted by Gasteiger charge is -2.20. The summed E-state index contributed by atoms with van der Waals surface area (Å²) in [5.41, 5.74) is -0.500. The number of hydrogen-bond donors (Lipinski definition) is 2. The molecule has 0 unspecified atom stereocenters. The van der Waals surface area contributed by atoms with Gasteiger partial charge in [0.15, 0.2) is 0 Å². The molecule has 2 heterocycles. The van der Waals surface area contributed by atoms with Crippen LogP contribution >= 0.6 is 0 Å². The van der Waals surface area contributed by atoms with Crippen LogP contribution < -0.4 is 20.3 Å². The van der Waals surface area contributed by atoms with Gasteiger partial charge in [-0.25, -0.2) is 4.39 Å². The van der Waals surface area contributed by atoms with E-state index in [2.05, 4.69) is 15.2 Å². The number of nitrogens with one attached hydrogen (secondary N) is 2. The minimum Gasteiger partial charge on any atom is -0.493 e. The quantitative estimate of drug-likeness (QED) is 0.358. The lowest BCUT2D eigenvalue weighted by molar-refractivity contribution is -0.137. The van der Waals surface area contributed by atoms with E-state index in [1.165, 1.54) is 30.5 Å². The molecule has 3 aromatic rings. The van der Waals surface area contributed by atoms with Crippen molar-refractivity contribution in [2.75, 3.05) is 32.1 Å². The fourth-order valence-electron chi connectivity index (χ4n) is 4.49. The van der Waals surface area contributed by atoms with Gasteiger partial charge >= 0.3 is 6.18 Å². The second kappa shape index (κ2) is 11.9. The normalized spacial score (nSPS) is 15.8. The van der Waals surface area contributed by atoms with Crippen molar-refractivity contribution in [1.82, 2.24) is 9.88 Å². The molecule has 7 nitrogen and oxygen atoms in total. The molecule has 39 heavy (non-hydrogen) atoms. The van der Waals surface area contributed by atoms with E-state index in [1.54, 1.807) is 13.0 Å². The topological polar surface area (TPSA) is 83.7 Å². The van der Waals surface area contributed by atoms with Gasteiger partial charge in [-0.1, -0.05) is 12.1 Å². The molecule has 1 amide bonds. The van der Waals surface area contributed by atoms with Gasteiger partial charge in [-0.05, 0) is 62.7 Å². The van der Waals surface area contributed by atoms with Gasteiger partial charge in [0.05, 0.1) is 18.6 Å². The first-order valence-electron chi connectivity index (χ1n) is 12.5. The van der Waals surface area contributed by atoms with E-state index in [9.17, 15) is 27.2 Å². The van der Waals surface area contributed by atoms with Crippen molar-refractivity contribution < 1.29 is 31.8 Å². The summed E-state index contributed by atoms with van der Waals surface area (Å²) in [5, 5.41) is 2.43. The standard InChI is InChI=1S/C28H29F4N3O4/c1-3-38-25-14-26(36)33-15-23(25)17-6-7-18(24(29)9-17)10-27(37)34-20-11-19(28(30,31)32)12-22(13-20)39-16-21-5-4-8-35(21)2/h6-7,9,11-15,21H,3-5,8,10,16H2,1-2H3,(H,33,36)(H,34,37)/t21-/m0/s1. The first-order chi connectivity index (χ1) is 18.5. The van der Waals surface area contributed by atoms with Crippen molar-refractivity contribution in [2.45, 2.75) is 38.4 Å². The van der Waals surface area contributed by atoms with Crippen LogP contribution in [-0.2, 0) is 17.4 Å². The summed E-state index contributed by atoms with van der Waals surface area (Å²) in [6.45, 7) is 3.18. The second-order valence-corrected chi connectivity index (χ2v) is 9.37. The van der Waals surface area contributed by atoms with Gasteiger partial charge in [0.2, 0.25) is 5.91 Å². The number of benzene rings is 2. The zero-order chi connectivity index (χ0) is 28.2. The molecule has 0 radical (unpaired) electrons. The zero-order valence-electron chi connectivity index (χ0n) is 21.5. The molecule has 1 fully saturated rings. The number of halogens is 4. The summed E-state index contributed by atoms with van der Waals surface area (Å²) >= 11 is 0. The Balaban J connectivity index is 1.49. The maximum atomic E-state index is 14.9. The molecule has 4 rings (SSSR count). The zero-order valence-corrected chi connectivity index (χ0v) is 21.5. The monoisotopic (exact) mass is 547 g/mol. The molecule has 208 valence electrons. The van der Waals surface area contributed by atoms with Crippen LogP contribution in [0.15, 0.2) is 53.5 Å². The molecule has 1 aromatic heterocycles. The molecule has 1 saturated heterocycles. The fourth-order valence-corrected chi connectivity index (χ4v) is 4.49. The summed E-state index contributed by atoms with van der Waals surface area (Å²) in [6.07, 6.45) is -1.77. The summed E-state index contributed by atoms with van der Waals surface area (Å²) in [5.74, 6) is -1.11. The maximum Gasteiger partial charge on any atom is 0.416 e. The number of aromatic nitrogens is 1. The van der Waals surface area contributed by atoms with Crippen LogP contribution in [-0.4, -0.2) is 48.6 Å². The first-order valence-corrected chi connectivity index (χ1v) is 12.5. The molecule has 1 aliphatic rings. The van der Waals surface area contributed by atoms with Crippen LogP contribution in [0.5, 0.6) is 11.5 Å². The Kier molecular flexibility index (Phi) is 8.59. The number of ether oxygens (including phenoxy) is 2. The Morgan fingerprint density at radius 2 is 1.95 bits per heavy atom. The van der Waals surface area contributed by atoms with Gasteiger partial charge in [-0.2, -0.15) is 13.2 Å². The third kappa shape index (κ3) is 7.17. The number of pyridine rings is 1.